The molecule has 1 N–H and O–H groups in total. The van der Waals surface area contributed by atoms with Crippen LogP contribution in [0.15, 0.2) is 52.1 Å². The van der Waals surface area contributed by atoms with E-state index in [0.717, 1.165) is 16.5 Å². The molecule has 1 aromatic heterocycles. The van der Waals surface area contributed by atoms with E-state index in [1.807, 2.05) is 24.3 Å². The Labute approximate surface area is 134 Å². The summed E-state index contributed by atoms with van der Waals surface area (Å²) in [4.78, 5) is 4.00. The normalized spacial score (nSPS) is 11.5. The molecule has 0 spiro atoms. The molecule has 0 atom stereocenters. The summed E-state index contributed by atoms with van der Waals surface area (Å²) in [5, 5.41) is 0.780. The molecular weight excluding hydrogens is 408 g/mol. The summed E-state index contributed by atoms with van der Waals surface area (Å²) in [5.41, 5.74) is 2.05. The number of hydrogen-bond acceptors (Lipinski definition) is 3. The quantitative estimate of drug-likeness (QED) is 0.757. The molecule has 1 heterocycles. The minimum atomic E-state index is -3.55. The number of nitrogens with one attached hydrogen (secondary N) is 1. The number of rotatable bonds is 5. The average molecular weight is 420 g/mol. The van der Waals surface area contributed by atoms with E-state index >= 15 is 0 Å². The Morgan fingerprint density at radius 3 is 2.35 bits per heavy atom. The highest BCUT2D eigenvalue weighted by molar-refractivity contribution is 9.10. The van der Waals surface area contributed by atoms with Crippen LogP contribution in [0.25, 0.3) is 0 Å². The topological polar surface area (TPSA) is 59.1 Å². The smallest absolute Gasteiger partial charge is 0.242 e. The third-order valence-corrected chi connectivity index (χ3v) is 5.08. The second kappa shape index (κ2) is 6.80. The number of aromatic nitrogens is 1. The number of halogens is 2. The first-order valence-electron chi connectivity index (χ1n) is 5.75. The third-order valence-electron chi connectivity index (χ3n) is 2.63. The number of nitrogens with zero attached hydrogens (tertiary/aromatic N) is 1. The Bertz CT molecular complexity index is 688. The van der Waals surface area contributed by atoms with E-state index in [1.165, 1.54) is 18.5 Å². The first-order chi connectivity index (χ1) is 9.51. The van der Waals surface area contributed by atoms with Crippen molar-refractivity contribution in [3.63, 3.8) is 0 Å². The van der Waals surface area contributed by atoms with Gasteiger partial charge in [0.25, 0.3) is 0 Å². The molecule has 0 saturated heterocycles. The van der Waals surface area contributed by atoms with Crippen LogP contribution in [0.1, 0.15) is 11.1 Å². The minimum Gasteiger partial charge on any atom is -0.262 e. The van der Waals surface area contributed by atoms with Crippen LogP contribution in [0.4, 0.5) is 0 Å². The highest BCUT2D eigenvalue weighted by Gasteiger charge is 2.14. The number of hydrogen-bond donors (Lipinski definition) is 1. The van der Waals surface area contributed by atoms with Crippen LogP contribution in [0.3, 0.4) is 0 Å². The van der Waals surface area contributed by atoms with Crippen LogP contribution >= 0.6 is 31.9 Å². The van der Waals surface area contributed by atoms with Crippen molar-refractivity contribution in [3.05, 3.63) is 58.3 Å². The fraction of sp³-hybridized carbons (Fsp3) is 0.154. The van der Waals surface area contributed by atoms with E-state index in [4.69, 9.17) is 0 Å². The summed E-state index contributed by atoms with van der Waals surface area (Å²) < 4.78 is 27.4. The summed E-state index contributed by atoms with van der Waals surface area (Å²) in [6.45, 7) is 0.247. The van der Waals surface area contributed by atoms with Gasteiger partial charge in [-0.25, -0.2) is 13.1 Å². The summed E-state index contributed by atoms with van der Waals surface area (Å²) >= 11 is 6.57. The van der Waals surface area contributed by atoms with Crippen molar-refractivity contribution in [1.82, 2.24) is 9.71 Å². The highest BCUT2D eigenvalue weighted by atomic mass is 79.9. The largest absolute Gasteiger partial charge is 0.262 e. The molecule has 0 aliphatic heterocycles. The highest BCUT2D eigenvalue weighted by Crippen LogP contribution is 2.15. The fourth-order valence-corrected chi connectivity index (χ4v) is 3.44. The molecule has 20 heavy (non-hydrogen) atoms. The average Bonchev–Trinajstić information content (AvgIpc) is 2.46. The van der Waals surface area contributed by atoms with Gasteiger partial charge >= 0.3 is 0 Å². The molecule has 2 rings (SSSR count). The first kappa shape index (κ1) is 15.6. The van der Waals surface area contributed by atoms with E-state index in [9.17, 15) is 8.42 Å². The fourth-order valence-electron chi connectivity index (χ4n) is 1.55. The Morgan fingerprint density at radius 2 is 1.75 bits per heavy atom. The molecule has 0 amide bonds. The third kappa shape index (κ3) is 4.12. The summed E-state index contributed by atoms with van der Waals surface area (Å²) in [6, 6.07) is 9.23. The van der Waals surface area contributed by atoms with Crippen molar-refractivity contribution < 1.29 is 8.42 Å². The lowest BCUT2D eigenvalue weighted by Crippen LogP contribution is -2.23. The Hall–Kier alpha value is -0.760. The Morgan fingerprint density at radius 1 is 1.10 bits per heavy atom. The van der Waals surface area contributed by atoms with Gasteiger partial charge in [-0.05, 0) is 33.1 Å². The van der Waals surface area contributed by atoms with Crippen molar-refractivity contribution in [1.29, 1.82) is 0 Å². The number of sulfonamides is 1. The molecule has 0 unspecified atom stereocenters. The van der Waals surface area contributed by atoms with Gasteiger partial charge in [0.15, 0.2) is 0 Å². The maximum absolute atomic E-state index is 12.1. The van der Waals surface area contributed by atoms with Crippen molar-refractivity contribution >= 4 is 41.9 Å². The van der Waals surface area contributed by atoms with Crippen molar-refractivity contribution in [2.24, 2.45) is 0 Å². The zero-order valence-corrected chi connectivity index (χ0v) is 14.4. The summed E-state index contributed by atoms with van der Waals surface area (Å²) in [6.07, 6.45) is 2.86. The Kier molecular flexibility index (Phi) is 5.31. The van der Waals surface area contributed by atoms with Crippen molar-refractivity contribution in [3.8, 4) is 0 Å². The molecule has 4 nitrogen and oxygen atoms in total. The van der Waals surface area contributed by atoms with E-state index < -0.39 is 10.0 Å². The molecular formula is C13H12Br2N2O2S. The molecule has 0 fully saturated rings. The molecule has 0 aliphatic carbocycles. The first-order valence-corrected chi connectivity index (χ1v) is 9.15. The molecule has 0 aliphatic rings. The van der Waals surface area contributed by atoms with Crippen LogP contribution < -0.4 is 4.72 Å². The van der Waals surface area contributed by atoms with Crippen molar-refractivity contribution in [2.75, 3.05) is 0 Å². The van der Waals surface area contributed by atoms with Crippen LogP contribution in [0, 0.1) is 0 Å². The van der Waals surface area contributed by atoms with E-state index in [0.29, 0.717) is 4.47 Å². The molecule has 106 valence electrons. The van der Waals surface area contributed by atoms with Gasteiger partial charge < -0.3 is 0 Å². The second-order valence-electron chi connectivity index (χ2n) is 4.11. The standard InChI is InChI=1S/C13H12Br2N2O2S/c14-6-10-1-3-11(4-2-10)7-17-20(18,19)13-5-12(15)8-16-9-13/h1-5,8-9,17H,6-7H2. The van der Waals surface area contributed by atoms with E-state index in [-0.39, 0.29) is 11.4 Å². The molecule has 7 heteroatoms. The number of benzene rings is 1. The maximum Gasteiger partial charge on any atom is 0.242 e. The maximum atomic E-state index is 12.1. The van der Waals surface area contributed by atoms with E-state index in [1.54, 1.807) is 0 Å². The summed E-state index contributed by atoms with van der Waals surface area (Å²) in [5.74, 6) is 0. The lowest BCUT2D eigenvalue weighted by atomic mass is 10.2. The zero-order valence-electron chi connectivity index (χ0n) is 10.4. The van der Waals surface area contributed by atoms with Gasteiger partial charge in [0.2, 0.25) is 10.0 Å². The zero-order chi connectivity index (χ0) is 14.6. The van der Waals surface area contributed by atoms with Gasteiger partial charge in [-0.15, -0.1) is 0 Å². The SMILES string of the molecule is O=S(=O)(NCc1ccc(CBr)cc1)c1cncc(Br)c1. The van der Waals surface area contributed by atoms with Crippen LogP contribution in [-0.4, -0.2) is 13.4 Å². The van der Waals surface area contributed by atoms with Crippen LogP contribution in [-0.2, 0) is 21.9 Å². The lowest BCUT2D eigenvalue weighted by molar-refractivity contribution is 0.581. The van der Waals surface area contributed by atoms with Gasteiger partial charge in [-0.3, -0.25) is 4.98 Å². The van der Waals surface area contributed by atoms with Crippen LogP contribution in [0.5, 0.6) is 0 Å². The minimum absolute atomic E-state index is 0.143. The second-order valence-corrected chi connectivity index (χ2v) is 7.36. The monoisotopic (exact) mass is 418 g/mol. The Balaban J connectivity index is 2.09. The van der Waals surface area contributed by atoms with Crippen LogP contribution in [0.2, 0.25) is 0 Å². The number of pyridine rings is 1. The van der Waals surface area contributed by atoms with E-state index in [2.05, 4.69) is 41.6 Å². The molecule has 0 bridgehead atoms. The molecule has 0 radical (unpaired) electrons. The summed E-state index contributed by atoms with van der Waals surface area (Å²) in [7, 11) is -3.55. The van der Waals surface area contributed by atoms with Gasteiger partial charge in [0, 0.05) is 28.7 Å². The van der Waals surface area contributed by atoms with Gasteiger partial charge in [-0.2, -0.15) is 0 Å². The van der Waals surface area contributed by atoms with Crippen molar-refractivity contribution in [2.45, 2.75) is 16.8 Å². The lowest BCUT2D eigenvalue weighted by Gasteiger charge is -2.07. The van der Waals surface area contributed by atoms with Gasteiger partial charge in [0.1, 0.15) is 4.90 Å². The van der Waals surface area contributed by atoms with Gasteiger partial charge in [-0.1, -0.05) is 40.2 Å². The predicted octanol–water partition coefficient (Wildman–Crippen LogP) is 3.22. The van der Waals surface area contributed by atoms with Gasteiger partial charge in [0.05, 0.1) is 0 Å². The number of alkyl halides is 1. The predicted molar refractivity (Wildman–Crippen MR) is 85.0 cm³/mol. The molecule has 1 aromatic carbocycles. The molecule has 0 saturated carbocycles. The molecule has 2 aromatic rings.